The number of carbonyl (C=O) groups is 1. The zero-order valence-electron chi connectivity index (χ0n) is 20.9. The predicted octanol–water partition coefficient (Wildman–Crippen LogP) is 6.07. The Morgan fingerprint density at radius 1 is 1.03 bits per heavy atom. The highest BCUT2D eigenvalue weighted by Crippen LogP contribution is 2.47. The topological polar surface area (TPSA) is 50.2 Å². The van der Waals surface area contributed by atoms with E-state index in [2.05, 4.69) is 15.3 Å². The average molecular weight is 531 g/mol. The van der Waals surface area contributed by atoms with Crippen molar-refractivity contribution < 1.29 is 31.1 Å². The summed E-state index contributed by atoms with van der Waals surface area (Å²) < 4.78 is 81.2. The van der Waals surface area contributed by atoms with E-state index in [0.29, 0.717) is 31.0 Å². The standard InChI is InChI=1S/C26H32F6N4O/c1-17(2)24(7-4-22(15-24)35-10-5-21(6-11-35)36-9-3-8-34-36)23(37)33-16-18-12-19(25(27,28)29)14-20(13-18)26(30,31)32/h3,8-9,12-14,17,21-22H,4-7,10-11,15-16H2,1-2H3,(H,33,37)/t22-,24+/m1/s1. The zero-order chi connectivity index (χ0) is 27.0. The molecule has 11 heteroatoms. The van der Waals surface area contributed by atoms with Crippen LogP contribution >= 0.6 is 0 Å². The Balaban J connectivity index is 1.43. The molecule has 4 rings (SSSR count). The van der Waals surface area contributed by atoms with E-state index in [1.807, 2.05) is 30.8 Å². The molecule has 0 bridgehead atoms. The van der Waals surface area contributed by atoms with Crippen LogP contribution in [0.5, 0.6) is 0 Å². The summed E-state index contributed by atoms with van der Waals surface area (Å²) >= 11 is 0. The molecule has 1 aliphatic carbocycles. The number of nitrogens with zero attached hydrogens (tertiary/aromatic N) is 3. The number of benzene rings is 1. The van der Waals surface area contributed by atoms with Crippen molar-refractivity contribution >= 4 is 5.91 Å². The number of likely N-dealkylation sites (tertiary alicyclic amines) is 1. The molecule has 1 N–H and O–H groups in total. The van der Waals surface area contributed by atoms with Crippen LogP contribution in [0.2, 0.25) is 0 Å². The number of amides is 1. The molecule has 204 valence electrons. The van der Waals surface area contributed by atoms with Crippen molar-refractivity contribution in [3.63, 3.8) is 0 Å². The Morgan fingerprint density at radius 3 is 2.16 bits per heavy atom. The lowest BCUT2D eigenvalue weighted by atomic mass is 9.74. The van der Waals surface area contributed by atoms with Crippen LogP contribution in [0.3, 0.4) is 0 Å². The number of aromatic nitrogens is 2. The fourth-order valence-electron chi connectivity index (χ4n) is 5.85. The molecule has 1 aliphatic heterocycles. The number of halogens is 6. The minimum Gasteiger partial charge on any atom is -0.352 e. The van der Waals surface area contributed by atoms with Crippen molar-refractivity contribution in [1.29, 1.82) is 0 Å². The first kappa shape index (κ1) is 27.5. The zero-order valence-corrected chi connectivity index (χ0v) is 20.9. The van der Waals surface area contributed by atoms with Gasteiger partial charge in [-0.1, -0.05) is 13.8 Å². The minimum atomic E-state index is -4.93. The normalized spacial score (nSPS) is 24.1. The second-order valence-corrected chi connectivity index (χ2v) is 10.6. The summed E-state index contributed by atoms with van der Waals surface area (Å²) in [7, 11) is 0. The fraction of sp³-hybridized carbons (Fsp3) is 0.615. The predicted molar refractivity (Wildman–Crippen MR) is 125 cm³/mol. The summed E-state index contributed by atoms with van der Waals surface area (Å²) in [5.41, 5.74) is -3.73. The number of alkyl halides is 6. The van der Waals surface area contributed by atoms with Crippen molar-refractivity contribution in [2.45, 2.75) is 76.9 Å². The molecule has 0 radical (unpaired) electrons. The van der Waals surface area contributed by atoms with Crippen molar-refractivity contribution in [3.05, 3.63) is 53.3 Å². The molecule has 5 nitrogen and oxygen atoms in total. The van der Waals surface area contributed by atoms with Gasteiger partial charge in [-0.3, -0.25) is 9.48 Å². The van der Waals surface area contributed by atoms with Gasteiger partial charge in [0.05, 0.1) is 22.6 Å². The second kappa shape index (κ2) is 10.3. The number of piperidine rings is 1. The molecule has 2 aliphatic rings. The molecule has 0 unspecified atom stereocenters. The molecule has 2 heterocycles. The molecule has 1 saturated heterocycles. The van der Waals surface area contributed by atoms with Gasteiger partial charge in [-0.2, -0.15) is 31.4 Å². The van der Waals surface area contributed by atoms with Crippen molar-refractivity contribution in [2.24, 2.45) is 11.3 Å². The van der Waals surface area contributed by atoms with E-state index in [1.165, 1.54) is 0 Å². The molecule has 1 aromatic heterocycles. The number of hydrogen-bond acceptors (Lipinski definition) is 3. The first-order valence-electron chi connectivity index (χ1n) is 12.6. The van der Waals surface area contributed by atoms with E-state index < -0.39 is 35.4 Å². The van der Waals surface area contributed by atoms with Crippen LogP contribution in [-0.4, -0.2) is 39.7 Å². The maximum Gasteiger partial charge on any atom is 0.416 e. The third kappa shape index (κ3) is 5.97. The lowest BCUT2D eigenvalue weighted by Gasteiger charge is -2.38. The first-order valence-corrected chi connectivity index (χ1v) is 12.6. The van der Waals surface area contributed by atoms with Crippen LogP contribution in [0.15, 0.2) is 36.7 Å². The van der Waals surface area contributed by atoms with Crippen LogP contribution in [0, 0.1) is 11.3 Å². The Morgan fingerprint density at radius 2 is 1.65 bits per heavy atom. The monoisotopic (exact) mass is 530 g/mol. The largest absolute Gasteiger partial charge is 0.416 e. The molecule has 1 saturated carbocycles. The van der Waals surface area contributed by atoms with Gasteiger partial charge in [0.2, 0.25) is 5.91 Å². The van der Waals surface area contributed by atoms with Crippen molar-refractivity contribution in [1.82, 2.24) is 20.0 Å². The van der Waals surface area contributed by atoms with Crippen LogP contribution < -0.4 is 5.32 Å². The van der Waals surface area contributed by atoms with Crippen LogP contribution in [-0.2, 0) is 23.7 Å². The molecule has 0 spiro atoms. The summed E-state index contributed by atoms with van der Waals surface area (Å²) in [5.74, 6) is -0.353. The van der Waals surface area contributed by atoms with Crippen LogP contribution in [0.1, 0.15) is 68.7 Å². The molecule has 37 heavy (non-hydrogen) atoms. The van der Waals surface area contributed by atoms with Crippen LogP contribution in [0.4, 0.5) is 26.3 Å². The maximum atomic E-state index is 13.4. The third-order valence-corrected chi connectivity index (χ3v) is 8.10. The van der Waals surface area contributed by atoms with Gasteiger partial charge in [-0.15, -0.1) is 0 Å². The van der Waals surface area contributed by atoms with E-state index in [4.69, 9.17) is 0 Å². The Kier molecular flexibility index (Phi) is 7.65. The van der Waals surface area contributed by atoms with E-state index in [0.717, 1.165) is 32.4 Å². The second-order valence-electron chi connectivity index (χ2n) is 10.6. The summed E-state index contributed by atoms with van der Waals surface area (Å²) in [4.78, 5) is 15.8. The van der Waals surface area contributed by atoms with Gasteiger partial charge in [0.25, 0.3) is 0 Å². The Bertz CT molecular complexity index is 1040. The third-order valence-electron chi connectivity index (χ3n) is 8.10. The minimum absolute atomic E-state index is 0.0358. The quantitative estimate of drug-likeness (QED) is 0.462. The summed E-state index contributed by atoms with van der Waals surface area (Å²) in [6, 6.07) is 3.88. The molecule has 2 aromatic rings. The highest BCUT2D eigenvalue weighted by Gasteiger charge is 2.49. The maximum absolute atomic E-state index is 13.4. The van der Waals surface area contributed by atoms with Crippen molar-refractivity contribution in [2.75, 3.05) is 13.1 Å². The van der Waals surface area contributed by atoms with Gasteiger partial charge in [0.15, 0.2) is 0 Å². The Labute approximate surface area is 212 Å². The SMILES string of the molecule is CC(C)[C@]1(C(=O)NCc2cc(C(F)(F)F)cc(C(F)(F)F)c2)CC[C@@H](N2CCC(n3cccn3)CC2)C1. The number of rotatable bonds is 6. The summed E-state index contributed by atoms with van der Waals surface area (Å²) in [6.07, 6.45) is -2.16. The lowest BCUT2D eigenvalue weighted by Crippen LogP contribution is -2.45. The van der Waals surface area contributed by atoms with E-state index in [-0.39, 0.29) is 29.5 Å². The average Bonchev–Trinajstić information content (AvgIpc) is 3.53. The molecule has 2 fully saturated rings. The lowest BCUT2D eigenvalue weighted by molar-refractivity contribution is -0.143. The number of nitrogens with one attached hydrogen (secondary N) is 1. The van der Waals surface area contributed by atoms with Gasteiger partial charge in [0, 0.05) is 38.1 Å². The highest BCUT2D eigenvalue weighted by molar-refractivity contribution is 5.83. The molecule has 1 amide bonds. The first-order chi connectivity index (χ1) is 17.3. The summed E-state index contributed by atoms with van der Waals surface area (Å²) in [5, 5.41) is 7.00. The van der Waals surface area contributed by atoms with E-state index in [9.17, 15) is 31.1 Å². The molecule has 1 aromatic carbocycles. The fourth-order valence-corrected chi connectivity index (χ4v) is 5.85. The van der Waals surface area contributed by atoms with E-state index >= 15 is 0 Å². The van der Waals surface area contributed by atoms with Gasteiger partial charge in [-0.25, -0.2) is 0 Å². The van der Waals surface area contributed by atoms with Crippen molar-refractivity contribution in [3.8, 4) is 0 Å². The summed E-state index contributed by atoms with van der Waals surface area (Å²) in [6.45, 7) is 5.25. The molecular weight excluding hydrogens is 498 g/mol. The molecular formula is C26H32F6N4O. The highest BCUT2D eigenvalue weighted by atomic mass is 19.4. The smallest absolute Gasteiger partial charge is 0.352 e. The Hall–Kier alpha value is -2.56. The number of carbonyl (C=O) groups excluding carboxylic acids is 1. The van der Waals surface area contributed by atoms with Gasteiger partial charge >= 0.3 is 12.4 Å². The van der Waals surface area contributed by atoms with Gasteiger partial charge in [0.1, 0.15) is 0 Å². The van der Waals surface area contributed by atoms with Gasteiger partial charge < -0.3 is 10.2 Å². The van der Waals surface area contributed by atoms with E-state index in [1.54, 1.807) is 6.20 Å². The molecule has 2 atom stereocenters. The van der Waals surface area contributed by atoms with Crippen LogP contribution in [0.25, 0.3) is 0 Å². The number of hydrogen-bond donors (Lipinski definition) is 1. The van der Waals surface area contributed by atoms with Gasteiger partial charge in [-0.05, 0) is 67.9 Å².